The minimum absolute atomic E-state index is 0.0480. The van der Waals surface area contributed by atoms with Crippen LogP contribution in [0, 0.1) is 5.92 Å². The van der Waals surface area contributed by atoms with Crippen molar-refractivity contribution in [3.8, 4) is 0 Å². The molecule has 0 spiro atoms. The average Bonchev–Trinajstić information content (AvgIpc) is 2.69. The molecule has 1 unspecified atom stereocenters. The first-order valence-electron chi connectivity index (χ1n) is 8.96. The van der Waals surface area contributed by atoms with E-state index in [4.69, 9.17) is 9.47 Å². The van der Waals surface area contributed by atoms with Gasteiger partial charge >= 0.3 is 0 Å². The predicted molar refractivity (Wildman–Crippen MR) is 96.9 cm³/mol. The third kappa shape index (κ3) is 5.04. The molecule has 26 heavy (non-hydrogen) atoms. The van der Waals surface area contributed by atoms with Gasteiger partial charge in [0.15, 0.2) is 6.29 Å². The van der Waals surface area contributed by atoms with Crippen molar-refractivity contribution in [1.82, 2.24) is 0 Å². The van der Waals surface area contributed by atoms with E-state index in [-0.39, 0.29) is 24.7 Å². The molecule has 136 valence electrons. The molecule has 4 nitrogen and oxygen atoms in total. The number of hydrogen-bond acceptors (Lipinski definition) is 4. The molecule has 0 bridgehead atoms. The average molecular weight is 351 g/mol. The summed E-state index contributed by atoms with van der Waals surface area (Å²) in [5, 5.41) is 10.5. The van der Waals surface area contributed by atoms with Gasteiger partial charge < -0.3 is 19.4 Å². The quantitative estimate of drug-likeness (QED) is 0.716. The lowest BCUT2D eigenvalue weighted by molar-refractivity contribution is -0.305. The standard InChI is InChI=1S/C22H24O4/c23-20(24)15-9-3-8-14-19-16-25-22(18-12-6-2-7-13-18)26-21(19)17-10-4-1-5-11-17/h1-8,10-13,19,21-22H,9,14-16H2,(H,23,24)/p-1/b8-3-/t19-,21-,22?/m1/s1. The summed E-state index contributed by atoms with van der Waals surface area (Å²) in [5.74, 6) is -0.844. The molecule has 0 amide bonds. The Morgan fingerprint density at radius 3 is 2.31 bits per heavy atom. The molecular formula is C22H23O4-. The molecule has 3 atom stereocenters. The van der Waals surface area contributed by atoms with Gasteiger partial charge in [-0.15, -0.1) is 0 Å². The van der Waals surface area contributed by atoms with Crippen LogP contribution in [0.2, 0.25) is 0 Å². The lowest BCUT2D eigenvalue weighted by Gasteiger charge is -2.36. The van der Waals surface area contributed by atoms with Crippen molar-refractivity contribution in [2.75, 3.05) is 6.61 Å². The van der Waals surface area contributed by atoms with Gasteiger partial charge in [-0.1, -0.05) is 72.8 Å². The summed E-state index contributed by atoms with van der Waals surface area (Å²) < 4.78 is 12.3. The highest BCUT2D eigenvalue weighted by Gasteiger charge is 2.33. The number of aliphatic carboxylic acids is 1. The molecule has 1 saturated heterocycles. The van der Waals surface area contributed by atoms with Crippen LogP contribution in [-0.4, -0.2) is 12.6 Å². The second kappa shape index (κ2) is 9.32. The highest BCUT2D eigenvalue weighted by Crippen LogP contribution is 2.39. The van der Waals surface area contributed by atoms with E-state index < -0.39 is 5.97 Å². The zero-order chi connectivity index (χ0) is 18.2. The van der Waals surface area contributed by atoms with E-state index in [0.29, 0.717) is 13.0 Å². The molecule has 0 radical (unpaired) electrons. The van der Waals surface area contributed by atoms with Crippen molar-refractivity contribution in [3.63, 3.8) is 0 Å². The normalized spacial score (nSPS) is 23.2. The van der Waals surface area contributed by atoms with Crippen molar-refractivity contribution < 1.29 is 19.4 Å². The Balaban J connectivity index is 1.69. The van der Waals surface area contributed by atoms with Crippen molar-refractivity contribution in [1.29, 1.82) is 0 Å². The van der Waals surface area contributed by atoms with E-state index in [1.807, 2.05) is 60.7 Å². The van der Waals surface area contributed by atoms with Gasteiger partial charge in [-0.3, -0.25) is 0 Å². The summed E-state index contributed by atoms with van der Waals surface area (Å²) in [7, 11) is 0. The van der Waals surface area contributed by atoms with Crippen LogP contribution in [0.1, 0.15) is 42.8 Å². The van der Waals surface area contributed by atoms with Gasteiger partial charge in [0.1, 0.15) is 0 Å². The molecule has 0 saturated carbocycles. The van der Waals surface area contributed by atoms with E-state index >= 15 is 0 Å². The molecule has 2 aromatic rings. The molecule has 0 aliphatic carbocycles. The zero-order valence-electron chi connectivity index (χ0n) is 14.6. The molecule has 1 heterocycles. The summed E-state index contributed by atoms with van der Waals surface area (Å²) in [4.78, 5) is 10.5. The van der Waals surface area contributed by atoms with Crippen molar-refractivity contribution in [3.05, 3.63) is 83.9 Å². The summed E-state index contributed by atoms with van der Waals surface area (Å²) in [6, 6.07) is 20.1. The molecule has 1 aliphatic heterocycles. The number of carbonyl (C=O) groups is 1. The predicted octanol–water partition coefficient (Wildman–Crippen LogP) is 3.57. The molecule has 1 fully saturated rings. The molecule has 0 N–H and O–H groups in total. The number of carboxylic acid groups (broad SMARTS) is 1. The summed E-state index contributed by atoms with van der Waals surface area (Å²) in [5.41, 5.74) is 2.14. The summed E-state index contributed by atoms with van der Waals surface area (Å²) in [6.07, 6.45) is 4.76. The maximum absolute atomic E-state index is 10.5. The van der Waals surface area contributed by atoms with E-state index in [9.17, 15) is 9.90 Å². The molecule has 1 aliphatic rings. The third-order valence-electron chi connectivity index (χ3n) is 4.48. The second-order valence-electron chi connectivity index (χ2n) is 6.42. The highest BCUT2D eigenvalue weighted by molar-refractivity contribution is 5.64. The van der Waals surface area contributed by atoms with Crippen LogP contribution in [-0.2, 0) is 14.3 Å². The molecule has 4 heteroatoms. The lowest BCUT2D eigenvalue weighted by Crippen LogP contribution is -2.30. The van der Waals surface area contributed by atoms with Crippen LogP contribution >= 0.6 is 0 Å². The van der Waals surface area contributed by atoms with Gasteiger partial charge in [0.2, 0.25) is 0 Å². The van der Waals surface area contributed by atoms with Gasteiger partial charge in [-0.2, -0.15) is 0 Å². The van der Waals surface area contributed by atoms with Gasteiger partial charge in [0, 0.05) is 17.5 Å². The largest absolute Gasteiger partial charge is 0.550 e. The molecular weight excluding hydrogens is 328 g/mol. The first-order valence-corrected chi connectivity index (χ1v) is 8.96. The van der Waals surface area contributed by atoms with Gasteiger partial charge in [0.05, 0.1) is 12.7 Å². The number of hydrogen-bond donors (Lipinski definition) is 0. The number of carbonyl (C=O) groups excluding carboxylic acids is 1. The highest BCUT2D eigenvalue weighted by atomic mass is 16.7. The van der Waals surface area contributed by atoms with Crippen LogP contribution in [0.3, 0.4) is 0 Å². The van der Waals surface area contributed by atoms with Gasteiger partial charge in [-0.05, 0) is 24.8 Å². The Labute approximate surface area is 154 Å². The van der Waals surface area contributed by atoms with Crippen molar-refractivity contribution in [2.45, 2.75) is 31.7 Å². The fourth-order valence-corrected chi connectivity index (χ4v) is 3.14. The number of ether oxygens (including phenoxy) is 2. The van der Waals surface area contributed by atoms with E-state index in [1.54, 1.807) is 0 Å². The third-order valence-corrected chi connectivity index (χ3v) is 4.48. The molecule has 0 aromatic heterocycles. The molecule has 2 aromatic carbocycles. The van der Waals surface area contributed by atoms with E-state index in [0.717, 1.165) is 17.5 Å². The van der Waals surface area contributed by atoms with Crippen LogP contribution in [0.5, 0.6) is 0 Å². The number of rotatable bonds is 7. The molecule has 3 rings (SSSR count). The summed E-state index contributed by atoms with van der Waals surface area (Å²) >= 11 is 0. The Hall–Kier alpha value is -2.43. The minimum Gasteiger partial charge on any atom is -0.550 e. The van der Waals surface area contributed by atoms with Crippen LogP contribution < -0.4 is 5.11 Å². The second-order valence-corrected chi connectivity index (χ2v) is 6.42. The smallest absolute Gasteiger partial charge is 0.184 e. The number of allylic oxidation sites excluding steroid dienone is 2. The SMILES string of the molecule is O=C([O-])CC/C=C\C[C@@H]1COC(c2ccccc2)O[C@@H]1c1ccccc1. The number of carboxylic acids is 1. The van der Waals surface area contributed by atoms with Crippen LogP contribution in [0.15, 0.2) is 72.8 Å². The van der Waals surface area contributed by atoms with E-state index in [1.165, 1.54) is 0 Å². The Bertz CT molecular complexity index is 711. The number of benzene rings is 2. The maximum atomic E-state index is 10.5. The first-order chi connectivity index (χ1) is 12.7. The Kier molecular flexibility index (Phi) is 6.58. The van der Waals surface area contributed by atoms with Crippen LogP contribution in [0.4, 0.5) is 0 Å². The van der Waals surface area contributed by atoms with Crippen molar-refractivity contribution in [2.24, 2.45) is 5.92 Å². The monoisotopic (exact) mass is 351 g/mol. The topological polar surface area (TPSA) is 58.6 Å². The first kappa shape index (κ1) is 18.4. The van der Waals surface area contributed by atoms with E-state index in [2.05, 4.69) is 12.1 Å². The maximum Gasteiger partial charge on any atom is 0.184 e. The fourth-order valence-electron chi connectivity index (χ4n) is 3.14. The zero-order valence-corrected chi connectivity index (χ0v) is 14.6. The van der Waals surface area contributed by atoms with Gasteiger partial charge in [0.25, 0.3) is 0 Å². The Morgan fingerprint density at radius 2 is 1.65 bits per heavy atom. The lowest BCUT2D eigenvalue weighted by atomic mass is 9.92. The fraction of sp³-hybridized carbons (Fsp3) is 0.318. The van der Waals surface area contributed by atoms with Gasteiger partial charge in [-0.25, -0.2) is 0 Å². The van der Waals surface area contributed by atoms with Crippen LogP contribution in [0.25, 0.3) is 0 Å². The summed E-state index contributed by atoms with van der Waals surface area (Å²) in [6.45, 7) is 0.587. The Morgan fingerprint density at radius 1 is 1.00 bits per heavy atom. The minimum atomic E-state index is -1.02. The van der Waals surface area contributed by atoms with Crippen molar-refractivity contribution >= 4 is 5.97 Å².